The minimum absolute atomic E-state index is 0.0109. The summed E-state index contributed by atoms with van der Waals surface area (Å²) in [6.07, 6.45) is 0.821. The number of amides is 2. The predicted octanol–water partition coefficient (Wildman–Crippen LogP) is 4.89. The van der Waals surface area contributed by atoms with Gasteiger partial charge in [-0.25, -0.2) is 18.4 Å². The molecule has 0 N–H and O–H groups in total. The van der Waals surface area contributed by atoms with Crippen molar-refractivity contribution in [2.24, 2.45) is 0 Å². The SMILES string of the molecule is COC(=O)c1cccc([C@@H]2CCCN(C(=O)CN(Cc3ccc(F)cc3F)C(=O)OC(C)(C)C)C2)c1. The minimum atomic E-state index is -0.819. The van der Waals surface area contributed by atoms with Gasteiger partial charge in [-0.1, -0.05) is 18.2 Å². The van der Waals surface area contributed by atoms with Crippen LogP contribution < -0.4 is 0 Å². The molecule has 194 valence electrons. The second kappa shape index (κ2) is 11.5. The van der Waals surface area contributed by atoms with Crippen molar-refractivity contribution in [3.63, 3.8) is 0 Å². The van der Waals surface area contributed by atoms with Crippen molar-refractivity contribution in [3.8, 4) is 0 Å². The summed E-state index contributed by atoms with van der Waals surface area (Å²) in [5, 5.41) is 0. The molecule has 1 heterocycles. The Labute approximate surface area is 210 Å². The fourth-order valence-electron chi connectivity index (χ4n) is 4.14. The third kappa shape index (κ3) is 7.26. The summed E-state index contributed by atoms with van der Waals surface area (Å²) >= 11 is 0. The molecule has 3 rings (SSSR count). The zero-order valence-corrected chi connectivity index (χ0v) is 21.1. The number of carbonyl (C=O) groups is 3. The number of nitrogens with zero attached hydrogens (tertiary/aromatic N) is 2. The average molecular weight is 503 g/mol. The number of likely N-dealkylation sites (tertiary alicyclic amines) is 1. The van der Waals surface area contributed by atoms with E-state index in [0.29, 0.717) is 18.7 Å². The molecule has 36 heavy (non-hydrogen) atoms. The number of piperidine rings is 1. The van der Waals surface area contributed by atoms with E-state index in [1.54, 1.807) is 43.9 Å². The van der Waals surface area contributed by atoms with Gasteiger partial charge in [-0.3, -0.25) is 9.69 Å². The Morgan fingerprint density at radius 1 is 1.11 bits per heavy atom. The molecule has 7 nitrogen and oxygen atoms in total. The first kappa shape index (κ1) is 27.1. The number of esters is 1. The minimum Gasteiger partial charge on any atom is -0.465 e. The van der Waals surface area contributed by atoms with Crippen LogP contribution in [0, 0.1) is 11.6 Å². The van der Waals surface area contributed by atoms with Crippen molar-refractivity contribution in [3.05, 3.63) is 70.8 Å². The van der Waals surface area contributed by atoms with E-state index in [-0.39, 0.29) is 30.5 Å². The highest BCUT2D eigenvalue weighted by atomic mass is 19.1. The Balaban J connectivity index is 1.75. The number of hydrogen-bond acceptors (Lipinski definition) is 5. The summed E-state index contributed by atoms with van der Waals surface area (Å²) in [6, 6.07) is 10.2. The first-order valence-electron chi connectivity index (χ1n) is 11.8. The van der Waals surface area contributed by atoms with Gasteiger partial charge in [-0.2, -0.15) is 0 Å². The van der Waals surface area contributed by atoms with Crippen LogP contribution in [0.5, 0.6) is 0 Å². The Hall–Kier alpha value is -3.49. The van der Waals surface area contributed by atoms with Gasteiger partial charge >= 0.3 is 12.1 Å². The van der Waals surface area contributed by atoms with Crippen LogP contribution in [0.25, 0.3) is 0 Å². The molecule has 0 radical (unpaired) electrons. The topological polar surface area (TPSA) is 76.2 Å². The van der Waals surface area contributed by atoms with E-state index in [1.807, 2.05) is 6.07 Å². The van der Waals surface area contributed by atoms with E-state index in [2.05, 4.69) is 0 Å². The van der Waals surface area contributed by atoms with Gasteiger partial charge < -0.3 is 14.4 Å². The largest absolute Gasteiger partial charge is 0.465 e. The molecule has 1 fully saturated rings. The lowest BCUT2D eigenvalue weighted by molar-refractivity contribution is -0.133. The van der Waals surface area contributed by atoms with E-state index < -0.39 is 29.3 Å². The third-order valence-corrected chi connectivity index (χ3v) is 5.91. The van der Waals surface area contributed by atoms with Gasteiger partial charge in [0, 0.05) is 30.6 Å². The van der Waals surface area contributed by atoms with E-state index in [1.165, 1.54) is 13.2 Å². The fraction of sp³-hybridized carbons (Fsp3) is 0.444. The van der Waals surface area contributed by atoms with Crippen molar-refractivity contribution in [1.82, 2.24) is 9.80 Å². The summed E-state index contributed by atoms with van der Waals surface area (Å²) in [5.74, 6) is -2.26. The molecule has 0 aliphatic carbocycles. The molecule has 2 aromatic carbocycles. The highest BCUT2D eigenvalue weighted by Crippen LogP contribution is 2.28. The monoisotopic (exact) mass is 502 g/mol. The quantitative estimate of drug-likeness (QED) is 0.526. The second-order valence-corrected chi connectivity index (χ2v) is 9.87. The number of benzene rings is 2. The Kier molecular flexibility index (Phi) is 8.66. The summed E-state index contributed by atoms with van der Waals surface area (Å²) in [7, 11) is 1.32. The van der Waals surface area contributed by atoms with Crippen molar-refractivity contribution >= 4 is 18.0 Å². The molecule has 9 heteroatoms. The highest BCUT2D eigenvalue weighted by Gasteiger charge is 2.30. The maximum atomic E-state index is 14.3. The van der Waals surface area contributed by atoms with Crippen molar-refractivity contribution in [2.45, 2.75) is 51.7 Å². The van der Waals surface area contributed by atoms with Gasteiger partial charge in [0.2, 0.25) is 5.91 Å². The molecule has 1 aliphatic rings. The van der Waals surface area contributed by atoms with Gasteiger partial charge in [0.05, 0.1) is 19.2 Å². The molecule has 0 saturated carbocycles. The van der Waals surface area contributed by atoms with Crippen LogP contribution in [0.3, 0.4) is 0 Å². The molecule has 2 amide bonds. The predicted molar refractivity (Wildman–Crippen MR) is 129 cm³/mol. The lowest BCUT2D eigenvalue weighted by Gasteiger charge is -2.35. The Morgan fingerprint density at radius 3 is 2.53 bits per heavy atom. The average Bonchev–Trinajstić information content (AvgIpc) is 2.83. The number of carbonyl (C=O) groups excluding carboxylic acids is 3. The normalized spacial score (nSPS) is 15.8. The third-order valence-electron chi connectivity index (χ3n) is 5.91. The molecule has 0 aromatic heterocycles. The molecular weight excluding hydrogens is 470 g/mol. The van der Waals surface area contributed by atoms with Crippen LogP contribution in [-0.2, 0) is 20.8 Å². The van der Waals surface area contributed by atoms with Crippen LogP contribution in [0.15, 0.2) is 42.5 Å². The molecule has 1 saturated heterocycles. The standard InChI is InChI=1S/C27H32F2N2O5/c1-27(2,3)36-26(34)31(16-21-10-11-22(28)14-23(21)29)17-24(32)30-12-6-9-20(15-30)18-7-5-8-19(13-18)25(33)35-4/h5,7-8,10-11,13-14,20H,6,9,12,15-17H2,1-4H3/t20-/m1/s1. The van der Waals surface area contributed by atoms with Crippen LogP contribution in [-0.4, -0.2) is 60.1 Å². The molecule has 1 atom stereocenters. The molecule has 0 bridgehead atoms. The van der Waals surface area contributed by atoms with Gasteiger partial charge in [0.1, 0.15) is 23.8 Å². The smallest absolute Gasteiger partial charge is 0.411 e. The zero-order valence-electron chi connectivity index (χ0n) is 21.1. The van der Waals surface area contributed by atoms with Crippen molar-refractivity contribution in [2.75, 3.05) is 26.7 Å². The number of halogens is 2. The van der Waals surface area contributed by atoms with Crippen LogP contribution in [0.2, 0.25) is 0 Å². The summed E-state index contributed by atoms with van der Waals surface area (Å²) < 4.78 is 37.9. The summed E-state index contributed by atoms with van der Waals surface area (Å²) in [5.41, 5.74) is 0.621. The van der Waals surface area contributed by atoms with Gasteiger partial charge in [0.25, 0.3) is 0 Å². The number of ether oxygens (including phenoxy) is 2. The van der Waals surface area contributed by atoms with Gasteiger partial charge in [-0.15, -0.1) is 0 Å². The van der Waals surface area contributed by atoms with E-state index in [9.17, 15) is 23.2 Å². The highest BCUT2D eigenvalue weighted by molar-refractivity contribution is 5.89. The molecular formula is C27H32F2N2O5. The number of hydrogen-bond donors (Lipinski definition) is 0. The molecule has 1 aliphatic heterocycles. The maximum absolute atomic E-state index is 14.3. The Bertz CT molecular complexity index is 1120. The van der Waals surface area contributed by atoms with E-state index in [0.717, 1.165) is 35.4 Å². The van der Waals surface area contributed by atoms with Crippen LogP contribution >= 0.6 is 0 Å². The second-order valence-electron chi connectivity index (χ2n) is 9.87. The molecule has 2 aromatic rings. The summed E-state index contributed by atoms with van der Waals surface area (Å²) in [6.45, 7) is 5.45. The zero-order chi connectivity index (χ0) is 26.5. The van der Waals surface area contributed by atoms with Gasteiger partial charge in [0.15, 0.2) is 0 Å². The molecule has 0 spiro atoms. The van der Waals surface area contributed by atoms with Crippen molar-refractivity contribution < 1.29 is 32.6 Å². The number of methoxy groups -OCH3 is 1. The maximum Gasteiger partial charge on any atom is 0.411 e. The first-order chi connectivity index (χ1) is 17.0. The van der Waals surface area contributed by atoms with Gasteiger partial charge in [-0.05, 0) is 57.4 Å². The summed E-state index contributed by atoms with van der Waals surface area (Å²) in [4.78, 5) is 40.8. The lowest BCUT2D eigenvalue weighted by atomic mass is 9.89. The fourth-order valence-corrected chi connectivity index (χ4v) is 4.14. The number of rotatable bonds is 6. The van der Waals surface area contributed by atoms with E-state index >= 15 is 0 Å². The van der Waals surface area contributed by atoms with Crippen LogP contribution in [0.1, 0.15) is 61.0 Å². The Morgan fingerprint density at radius 2 is 1.86 bits per heavy atom. The van der Waals surface area contributed by atoms with E-state index in [4.69, 9.17) is 9.47 Å². The van der Waals surface area contributed by atoms with Crippen LogP contribution in [0.4, 0.5) is 13.6 Å². The first-order valence-corrected chi connectivity index (χ1v) is 11.8. The van der Waals surface area contributed by atoms with Crippen molar-refractivity contribution in [1.29, 1.82) is 0 Å². The lowest BCUT2D eigenvalue weighted by Crippen LogP contribution is -2.47. The molecule has 0 unspecified atom stereocenters.